The molecular formula is C63H42B3N3O6. The number of fused-ring (bicyclic) bond motifs is 12. The molecule has 75 heavy (non-hydrogen) atoms. The first-order valence-corrected chi connectivity index (χ1v) is 25.4. The fourth-order valence-electron chi connectivity index (χ4n) is 12.7. The Morgan fingerprint density at radius 3 is 1.13 bits per heavy atom. The van der Waals surface area contributed by atoms with Crippen LogP contribution in [0, 0.1) is 0 Å². The van der Waals surface area contributed by atoms with Gasteiger partial charge in [0.25, 0.3) is 20.1 Å². The third kappa shape index (κ3) is 6.29. The van der Waals surface area contributed by atoms with E-state index in [1.54, 1.807) is 0 Å². The van der Waals surface area contributed by atoms with Gasteiger partial charge in [0.2, 0.25) is 0 Å². The molecule has 6 aliphatic heterocycles. The molecule has 0 aliphatic carbocycles. The SMILES string of the molecule is CN1c2cc3c(cc2B2c4ccccc4Oc4cc(Oc5ccccc5)cc1c42)B1c2cc4c(cc2N(C)c2cc(Oc5ccccc5)cc(c21)N3C)Oc1cc(Oc2ccccc2)cc2c1B4c1ccccc1O2. The number of rotatable bonds is 6. The van der Waals surface area contributed by atoms with Crippen LogP contribution in [0.1, 0.15) is 0 Å². The molecule has 12 heteroatoms. The van der Waals surface area contributed by atoms with E-state index in [2.05, 4.69) is 121 Å². The van der Waals surface area contributed by atoms with Crippen LogP contribution < -0.4 is 92.3 Å². The monoisotopic (exact) mass is 969 g/mol. The second kappa shape index (κ2) is 15.8. The van der Waals surface area contributed by atoms with Crippen LogP contribution in [0.5, 0.6) is 69.0 Å². The molecule has 0 radical (unpaired) electrons. The number of hydrogen-bond acceptors (Lipinski definition) is 9. The van der Waals surface area contributed by atoms with E-state index >= 15 is 0 Å². The van der Waals surface area contributed by atoms with Crippen LogP contribution in [-0.2, 0) is 0 Å². The Labute approximate surface area is 434 Å². The van der Waals surface area contributed by atoms with E-state index in [-0.39, 0.29) is 20.1 Å². The predicted octanol–water partition coefficient (Wildman–Crippen LogP) is 9.17. The first-order chi connectivity index (χ1) is 36.9. The van der Waals surface area contributed by atoms with Gasteiger partial charge in [-0.2, -0.15) is 0 Å². The minimum Gasteiger partial charge on any atom is -0.458 e. The topological polar surface area (TPSA) is 65.1 Å². The second-order valence-corrected chi connectivity index (χ2v) is 20.1. The van der Waals surface area contributed by atoms with E-state index in [1.807, 2.05) is 115 Å². The van der Waals surface area contributed by atoms with Gasteiger partial charge in [-0.05, 0) is 98.3 Å². The molecule has 0 spiro atoms. The molecule has 0 amide bonds. The van der Waals surface area contributed by atoms with Crippen molar-refractivity contribution in [2.45, 2.75) is 0 Å². The minimum absolute atomic E-state index is 0.109. The zero-order chi connectivity index (χ0) is 49.6. The largest absolute Gasteiger partial charge is 0.458 e. The summed E-state index contributed by atoms with van der Waals surface area (Å²) in [5, 5.41) is 0. The summed E-state index contributed by atoms with van der Waals surface area (Å²) in [6.45, 7) is -0.448. The maximum atomic E-state index is 7.11. The number of hydrogen-bond donors (Lipinski definition) is 0. The first kappa shape index (κ1) is 42.1. The number of anilines is 6. The molecule has 354 valence electrons. The summed E-state index contributed by atoms with van der Waals surface area (Å²) < 4.78 is 40.4. The summed E-state index contributed by atoms with van der Waals surface area (Å²) in [4.78, 5) is 6.99. The van der Waals surface area contributed by atoms with Crippen molar-refractivity contribution in [2.24, 2.45) is 0 Å². The highest BCUT2D eigenvalue weighted by Crippen LogP contribution is 2.46. The standard InChI is InChI=1S/C63H42B3N3O6/c1-67-50-35-49-45(64-43-23-13-15-25-55(43)73-58-30-41(29-54(62(58)64)68(49)2)71-38-19-9-5-10-20-38)33-46(50)66-47-34-48-57(36-51(47)69(3)53-28-40(27-52(67)61(53)66)70-37-17-7-4-8-18-37)75-60-32-42(72-39-21-11-6-12-22-39)31-59-63(60)65(48)44-24-14-16-26-56(44)74-59/h4-36H,1-3H3. The summed E-state index contributed by atoms with van der Waals surface area (Å²) in [5.74, 6) is 9.03. The summed E-state index contributed by atoms with van der Waals surface area (Å²) in [5.41, 5.74) is 16.7. The number of para-hydroxylation sites is 5. The van der Waals surface area contributed by atoms with Crippen LogP contribution >= 0.6 is 0 Å². The highest BCUT2D eigenvalue weighted by molar-refractivity contribution is 7.03. The Morgan fingerprint density at radius 1 is 0.267 bits per heavy atom. The smallest absolute Gasteiger partial charge is 0.260 e. The predicted molar refractivity (Wildman–Crippen MR) is 303 cm³/mol. The molecular weight excluding hydrogens is 927 g/mol. The van der Waals surface area contributed by atoms with Crippen molar-refractivity contribution in [2.75, 3.05) is 35.8 Å². The van der Waals surface area contributed by atoms with E-state index < -0.39 is 0 Å². The van der Waals surface area contributed by atoms with Crippen molar-refractivity contribution in [1.82, 2.24) is 0 Å². The van der Waals surface area contributed by atoms with Gasteiger partial charge in [0.15, 0.2) is 0 Å². The molecule has 0 fully saturated rings. The average Bonchev–Trinajstić information content (AvgIpc) is 3.54. The van der Waals surface area contributed by atoms with Crippen LogP contribution in [-0.4, -0.2) is 41.3 Å². The molecule has 10 aromatic rings. The third-order valence-electron chi connectivity index (χ3n) is 16.0. The van der Waals surface area contributed by atoms with E-state index in [4.69, 9.17) is 28.4 Å². The van der Waals surface area contributed by atoms with Crippen molar-refractivity contribution < 1.29 is 28.4 Å². The molecule has 16 rings (SSSR count). The van der Waals surface area contributed by atoms with Gasteiger partial charge in [0, 0.05) is 103 Å². The molecule has 0 bridgehead atoms. The lowest BCUT2D eigenvalue weighted by Crippen LogP contribution is -2.66. The van der Waals surface area contributed by atoms with Gasteiger partial charge in [0.05, 0.1) is 0 Å². The van der Waals surface area contributed by atoms with Gasteiger partial charge in [-0.25, -0.2) is 0 Å². The van der Waals surface area contributed by atoms with Gasteiger partial charge >= 0.3 is 0 Å². The van der Waals surface area contributed by atoms with Gasteiger partial charge in [-0.1, -0.05) is 103 Å². The molecule has 0 N–H and O–H groups in total. The first-order valence-electron chi connectivity index (χ1n) is 25.4. The Hall–Kier alpha value is -9.41. The van der Waals surface area contributed by atoms with Gasteiger partial charge < -0.3 is 43.1 Å². The lowest BCUT2D eigenvalue weighted by atomic mass is 9.29. The Morgan fingerprint density at radius 2 is 0.627 bits per heavy atom. The third-order valence-corrected chi connectivity index (χ3v) is 16.0. The van der Waals surface area contributed by atoms with Gasteiger partial charge in [0.1, 0.15) is 69.0 Å². The molecule has 0 aromatic heterocycles. The second-order valence-electron chi connectivity index (χ2n) is 20.1. The van der Waals surface area contributed by atoms with Crippen LogP contribution in [0.25, 0.3) is 0 Å². The highest BCUT2D eigenvalue weighted by Gasteiger charge is 2.48. The van der Waals surface area contributed by atoms with E-state index in [9.17, 15) is 0 Å². The Bertz CT molecular complexity index is 4070. The van der Waals surface area contributed by atoms with Gasteiger partial charge in [-0.3, -0.25) is 0 Å². The number of nitrogens with zero attached hydrogens (tertiary/aromatic N) is 3. The molecule has 10 aromatic carbocycles. The molecule has 0 saturated carbocycles. The summed E-state index contributed by atoms with van der Waals surface area (Å²) in [6, 6.07) is 68.8. The quantitative estimate of drug-likeness (QED) is 0.152. The van der Waals surface area contributed by atoms with Crippen LogP contribution in [0.3, 0.4) is 0 Å². The van der Waals surface area contributed by atoms with Crippen molar-refractivity contribution in [3.8, 4) is 69.0 Å². The normalized spacial score (nSPS) is 14.0. The van der Waals surface area contributed by atoms with Crippen molar-refractivity contribution >= 4 is 103 Å². The maximum Gasteiger partial charge on any atom is 0.260 e. The number of ether oxygens (including phenoxy) is 6. The van der Waals surface area contributed by atoms with Gasteiger partial charge in [-0.15, -0.1) is 0 Å². The zero-order valence-electron chi connectivity index (χ0n) is 41.1. The van der Waals surface area contributed by atoms with E-state index in [0.29, 0.717) is 17.2 Å². The zero-order valence-corrected chi connectivity index (χ0v) is 41.1. The summed E-state index contributed by atoms with van der Waals surface area (Å²) >= 11 is 0. The van der Waals surface area contributed by atoms with Crippen molar-refractivity contribution in [1.29, 1.82) is 0 Å². The minimum atomic E-state index is -0.172. The summed E-state index contributed by atoms with van der Waals surface area (Å²) in [6.07, 6.45) is 0. The molecule has 0 saturated heterocycles. The van der Waals surface area contributed by atoms with Crippen LogP contribution in [0.2, 0.25) is 0 Å². The lowest BCUT2D eigenvalue weighted by Gasteiger charge is -2.45. The van der Waals surface area contributed by atoms with Crippen molar-refractivity contribution in [3.05, 3.63) is 200 Å². The average molecular weight is 969 g/mol. The lowest BCUT2D eigenvalue weighted by molar-refractivity contribution is 0.443. The maximum absolute atomic E-state index is 7.11. The Kier molecular flexibility index (Phi) is 8.88. The fraction of sp³-hybridized carbons (Fsp3) is 0.0476. The van der Waals surface area contributed by atoms with E-state index in [0.717, 1.165) is 113 Å². The number of benzene rings is 10. The van der Waals surface area contributed by atoms with Crippen molar-refractivity contribution in [3.63, 3.8) is 0 Å². The molecule has 6 heterocycles. The van der Waals surface area contributed by atoms with Crippen LogP contribution in [0.15, 0.2) is 200 Å². The molecule has 0 atom stereocenters. The fourth-order valence-corrected chi connectivity index (χ4v) is 12.7. The molecule has 0 unspecified atom stereocenters. The van der Waals surface area contributed by atoms with E-state index in [1.165, 1.54) is 21.9 Å². The molecule has 6 aliphatic rings. The van der Waals surface area contributed by atoms with Crippen LogP contribution in [0.4, 0.5) is 34.1 Å². The Balaban J connectivity index is 0.909. The molecule has 9 nitrogen and oxygen atoms in total. The summed E-state index contributed by atoms with van der Waals surface area (Å²) in [7, 11) is 6.52. The highest BCUT2D eigenvalue weighted by atomic mass is 16.5.